The molecule has 2 aromatic rings. The van der Waals surface area contributed by atoms with Gasteiger partial charge in [-0.05, 0) is 76.8 Å². The first kappa shape index (κ1) is 25.2. The Hall–Kier alpha value is -2.94. The molecule has 188 valence electrons. The monoisotopic (exact) mass is 502 g/mol. The zero-order valence-electron chi connectivity index (χ0n) is 20.5. The van der Waals surface area contributed by atoms with Gasteiger partial charge in [-0.25, -0.2) is 19.2 Å². The number of aliphatic imine (C=N–C) groups is 1. The molecule has 0 radical (unpaired) electrons. The molecule has 4 rings (SSSR count). The molecule has 1 saturated carbocycles. The summed E-state index contributed by atoms with van der Waals surface area (Å²) in [6.07, 6.45) is 4.00. The van der Waals surface area contributed by atoms with Crippen LogP contribution in [0, 0.1) is 5.92 Å². The molecule has 1 aliphatic heterocycles. The smallest absolute Gasteiger partial charge is 0.312 e. The predicted molar refractivity (Wildman–Crippen MR) is 135 cm³/mol. The fraction of sp³-hybridized carbons (Fsp3) is 0.520. The number of hydrogen-bond acceptors (Lipinski definition) is 6. The van der Waals surface area contributed by atoms with E-state index in [1.54, 1.807) is 0 Å². The predicted octanol–water partition coefficient (Wildman–Crippen LogP) is 5.15. The van der Waals surface area contributed by atoms with Crippen molar-refractivity contribution in [1.29, 1.82) is 0 Å². The van der Waals surface area contributed by atoms with Crippen molar-refractivity contribution >= 4 is 34.8 Å². The molecule has 2 heterocycles. The molecule has 1 aromatic carbocycles. The maximum Gasteiger partial charge on any atom is 0.312 e. The van der Waals surface area contributed by atoms with Crippen LogP contribution < -0.4 is 21.5 Å². The maximum atomic E-state index is 14.4. The lowest BCUT2D eigenvalue weighted by Gasteiger charge is -2.33. The van der Waals surface area contributed by atoms with Gasteiger partial charge in [-0.3, -0.25) is 0 Å². The van der Waals surface area contributed by atoms with Crippen LogP contribution in [-0.2, 0) is 5.67 Å². The van der Waals surface area contributed by atoms with Crippen LogP contribution in [-0.4, -0.2) is 33.9 Å². The van der Waals surface area contributed by atoms with Crippen LogP contribution in [0.25, 0.3) is 0 Å². The van der Waals surface area contributed by atoms with Crippen molar-refractivity contribution in [3.63, 3.8) is 0 Å². The van der Waals surface area contributed by atoms with Crippen molar-refractivity contribution in [1.82, 2.24) is 15.3 Å². The molecule has 0 unspecified atom stereocenters. The molecule has 0 bridgehead atoms. The van der Waals surface area contributed by atoms with E-state index in [9.17, 15) is 9.18 Å². The van der Waals surface area contributed by atoms with Gasteiger partial charge >= 0.3 is 6.03 Å². The first-order valence-electron chi connectivity index (χ1n) is 11.8. The van der Waals surface area contributed by atoms with Gasteiger partial charge in [0.2, 0.25) is 5.88 Å². The number of urea groups is 1. The van der Waals surface area contributed by atoms with E-state index in [2.05, 4.69) is 15.3 Å². The Morgan fingerprint density at radius 1 is 1.26 bits per heavy atom. The van der Waals surface area contributed by atoms with Gasteiger partial charge < -0.3 is 21.5 Å². The average molecular weight is 503 g/mol. The number of benzene rings is 1. The van der Waals surface area contributed by atoms with Crippen LogP contribution in [0.2, 0.25) is 5.02 Å². The summed E-state index contributed by atoms with van der Waals surface area (Å²) in [6, 6.07) is 5.47. The Bertz CT molecular complexity index is 1170. The minimum Gasteiger partial charge on any atom is -0.463 e. The van der Waals surface area contributed by atoms with E-state index in [4.69, 9.17) is 32.8 Å². The Morgan fingerprint density at radius 2 is 1.94 bits per heavy atom. The van der Waals surface area contributed by atoms with Crippen molar-refractivity contribution in [2.45, 2.75) is 70.6 Å². The number of anilines is 1. The van der Waals surface area contributed by atoms with Gasteiger partial charge in [0.05, 0.1) is 5.71 Å². The third-order valence-electron chi connectivity index (χ3n) is 6.68. The lowest BCUT2D eigenvalue weighted by Crippen LogP contribution is -2.41. The zero-order chi connectivity index (χ0) is 25.5. The van der Waals surface area contributed by atoms with E-state index in [1.807, 2.05) is 32.0 Å². The quantitative estimate of drug-likeness (QED) is 0.520. The van der Waals surface area contributed by atoms with Gasteiger partial charge in [0.15, 0.2) is 23.0 Å². The van der Waals surface area contributed by atoms with Gasteiger partial charge in [0, 0.05) is 17.1 Å². The van der Waals surface area contributed by atoms with Crippen molar-refractivity contribution in [2.75, 3.05) is 12.3 Å². The number of fused-ring (bicyclic) bond motifs is 1. The number of carbonyl (C=O) groups excluding carboxylic acids is 1. The largest absolute Gasteiger partial charge is 0.463 e. The number of hydrogen-bond donors (Lipinski definition) is 3. The first-order valence-corrected chi connectivity index (χ1v) is 12.2. The van der Waals surface area contributed by atoms with Gasteiger partial charge in [-0.2, -0.15) is 4.98 Å². The van der Waals surface area contributed by atoms with Crippen LogP contribution >= 0.6 is 11.6 Å². The number of aromatic nitrogens is 2. The van der Waals surface area contributed by atoms with E-state index >= 15 is 0 Å². The summed E-state index contributed by atoms with van der Waals surface area (Å²) in [5.74, 6) is 0.968. The summed E-state index contributed by atoms with van der Waals surface area (Å²) in [7, 11) is 0. The number of primary amides is 1. The molecule has 10 heteroatoms. The summed E-state index contributed by atoms with van der Waals surface area (Å²) in [6.45, 7) is 7.09. The molecule has 2 aliphatic rings. The van der Waals surface area contributed by atoms with Gasteiger partial charge in [0.25, 0.3) is 0 Å². The Labute approximate surface area is 209 Å². The molecule has 0 spiro atoms. The number of nitrogens with one attached hydrogen (secondary N) is 1. The number of amides is 2. The summed E-state index contributed by atoms with van der Waals surface area (Å²) in [5, 5.41) is 3.38. The minimum atomic E-state index is -1.76. The van der Waals surface area contributed by atoms with Crippen molar-refractivity contribution in [2.24, 2.45) is 16.6 Å². The Balaban J connectivity index is 1.58. The topological polar surface area (TPSA) is 129 Å². The molecule has 5 N–H and O–H groups in total. The third kappa shape index (κ3) is 5.34. The third-order valence-corrected chi connectivity index (χ3v) is 7.01. The number of alkyl halides is 1. The fourth-order valence-corrected chi connectivity index (χ4v) is 5.10. The fourth-order valence-electron chi connectivity index (χ4n) is 4.77. The van der Waals surface area contributed by atoms with E-state index in [1.165, 1.54) is 13.8 Å². The van der Waals surface area contributed by atoms with Crippen LogP contribution in [0.15, 0.2) is 23.2 Å². The second-order valence-corrected chi connectivity index (χ2v) is 10.7. The number of nitrogen functional groups attached to an aromatic ring is 1. The van der Waals surface area contributed by atoms with Crippen LogP contribution in [0.4, 0.5) is 20.7 Å². The summed E-state index contributed by atoms with van der Waals surface area (Å²) >= 11 is 6.76. The van der Waals surface area contributed by atoms with Crippen LogP contribution in [0.3, 0.4) is 0 Å². The maximum absolute atomic E-state index is 14.4. The molecule has 35 heavy (non-hydrogen) atoms. The Kier molecular flexibility index (Phi) is 6.66. The number of ether oxygens (including phenoxy) is 1. The van der Waals surface area contributed by atoms with Crippen molar-refractivity contribution in [3.05, 3.63) is 40.2 Å². The molecule has 1 fully saturated rings. The molecule has 1 aliphatic carbocycles. The van der Waals surface area contributed by atoms with Gasteiger partial charge in [0.1, 0.15) is 5.60 Å². The lowest BCUT2D eigenvalue weighted by atomic mass is 9.78. The zero-order valence-corrected chi connectivity index (χ0v) is 21.2. The number of nitrogens with zero attached hydrogens (tertiary/aromatic N) is 3. The highest BCUT2D eigenvalue weighted by Crippen LogP contribution is 2.43. The van der Waals surface area contributed by atoms with E-state index in [-0.39, 0.29) is 23.2 Å². The van der Waals surface area contributed by atoms with E-state index < -0.39 is 17.3 Å². The SMILES string of the molecule is CC1(C)Oc2nc(C(C)(C)F)nc(N)c2N=C1c1ccc(C2CCC(CNC(N)=O)CC2)c(Cl)c1. The van der Waals surface area contributed by atoms with Crippen LogP contribution in [0.5, 0.6) is 5.88 Å². The van der Waals surface area contributed by atoms with Crippen molar-refractivity contribution < 1.29 is 13.9 Å². The average Bonchev–Trinajstić information content (AvgIpc) is 2.76. The van der Waals surface area contributed by atoms with Gasteiger partial charge in [-0.15, -0.1) is 0 Å². The minimum absolute atomic E-state index is 0.0456. The standard InChI is InChI=1S/C25H32ClFN6O2/c1-24(2,27)22-32-20(28)18-21(33-22)35-25(3,4)19(31-18)15-9-10-16(17(26)11-15)14-7-5-13(6-8-14)12-30-23(29)34/h9-11,13-14H,5-8,12H2,1-4H3,(H2,28,32,33)(H3,29,30,34). The number of nitrogens with two attached hydrogens (primary N) is 2. The number of carbonyl (C=O) groups is 1. The number of rotatable bonds is 5. The number of halogens is 2. The van der Waals surface area contributed by atoms with E-state index in [0.717, 1.165) is 36.8 Å². The lowest BCUT2D eigenvalue weighted by molar-refractivity contribution is 0.163. The first-order chi connectivity index (χ1) is 16.3. The molecule has 0 saturated heterocycles. The summed E-state index contributed by atoms with van der Waals surface area (Å²) < 4.78 is 20.6. The van der Waals surface area contributed by atoms with E-state index in [0.29, 0.717) is 29.1 Å². The summed E-state index contributed by atoms with van der Waals surface area (Å²) in [5.41, 5.74) is 11.5. The Morgan fingerprint density at radius 3 is 2.54 bits per heavy atom. The molecular weight excluding hydrogens is 471 g/mol. The highest BCUT2D eigenvalue weighted by molar-refractivity contribution is 6.32. The second-order valence-electron chi connectivity index (χ2n) is 10.3. The normalized spacial score (nSPS) is 21.5. The molecule has 1 aromatic heterocycles. The molecule has 8 nitrogen and oxygen atoms in total. The van der Waals surface area contributed by atoms with Crippen LogP contribution in [0.1, 0.15) is 76.2 Å². The highest BCUT2D eigenvalue weighted by atomic mass is 35.5. The molecule has 0 atom stereocenters. The molecular formula is C25H32ClFN6O2. The highest BCUT2D eigenvalue weighted by Gasteiger charge is 2.37. The second kappa shape index (κ2) is 9.26. The van der Waals surface area contributed by atoms with Gasteiger partial charge in [-0.1, -0.05) is 23.7 Å². The summed E-state index contributed by atoms with van der Waals surface area (Å²) in [4.78, 5) is 24.0. The molecule has 2 amide bonds. The van der Waals surface area contributed by atoms with Crippen molar-refractivity contribution in [3.8, 4) is 5.88 Å².